The number of methoxy groups -OCH3 is 1. The molecule has 0 N–H and O–H groups in total. The van der Waals surface area contributed by atoms with Gasteiger partial charge in [-0.2, -0.15) is 0 Å². The Morgan fingerprint density at radius 2 is 1.94 bits per heavy atom. The van der Waals surface area contributed by atoms with Crippen molar-refractivity contribution in [1.29, 1.82) is 0 Å². The van der Waals surface area contributed by atoms with Crippen LogP contribution in [0.15, 0.2) is 12.1 Å². The molecule has 98 valence electrons. The van der Waals surface area contributed by atoms with E-state index >= 15 is 0 Å². The molecule has 1 fully saturated rings. The molecule has 2 rings (SSSR count). The minimum Gasteiger partial charge on any atom is -0.469 e. The molecule has 1 saturated heterocycles. The fourth-order valence-electron chi connectivity index (χ4n) is 2.15. The molecule has 18 heavy (non-hydrogen) atoms. The molecule has 0 atom stereocenters. The molecule has 0 radical (unpaired) electrons. The highest BCUT2D eigenvalue weighted by Crippen LogP contribution is 2.27. The Labute approximate surface area is 104 Å². The van der Waals surface area contributed by atoms with Crippen molar-refractivity contribution in [2.75, 3.05) is 25.1 Å². The predicted octanol–water partition coefficient (Wildman–Crippen LogP) is 2.28. The van der Waals surface area contributed by atoms with E-state index in [1.807, 2.05) is 4.90 Å². The van der Waals surface area contributed by atoms with Crippen molar-refractivity contribution in [3.8, 4) is 0 Å². The summed E-state index contributed by atoms with van der Waals surface area (Å²) in [5, 5.41) is 0. The van der Waals surface area contributed by atoms with Crippen LogP contribution in [0.3, 0.4) is 0 Å². The average Bonchev–Trinajstić information content (AvgIpc) is 2.88. The lowest BCUT2D eigenvalue weighted by atomic mass is 10.1. The molecular formula is C13H15F2NO2. The van der Waals surface area contributed by atoms with Gasteiger partial charge in [-0.05, 0) is 18.9 Å². The van der Waals surface area contributed by atoms with Crippen LogP contribution in [0.25, 0.3) is 0 Å². The third kappa shape index (κ3) is 2.44. The number of benzene rings is 1. The van der Waals surface area contributed by atoms with Gasteiger partial charge in [0.2, 0.25) is 0 Å². The van der Waals surface area contributed by atoms with E-state index in [1.165, 1.54) is 19.2 Å². The van der Waals surface area contributed by atoms with Crippen molar-refractivity contribution in [3.63, 3.8) is 0 Å². The Morgan fingerprint density at radius 3 is 2.56 bits per heavy atom. The first-order valence-corrected chi connectivity index (χ1v) is 5.92. The van der Waals surface area contributed by atoms with Crippen molar-refractivity contribution in [2.24, 2.45) is 0 Å². The molecule has 0 amide bonds. The van der Waals surface area contributed by atoms with Crippen LogP contribution in [-0.2, 0) is 16.0 Å². The second-order valence-corrected chi connectivity index (χ2v) is 4.32. The Kier molecular flexibility index (Phi) is 3.79. The van der Waals surface area contributed by atoms with E-state index in [0.717, 1.165) is 25.9 Å². The summed E-state index contributed by atoms with van der Waals surface area (Å²) in [5.41, 5.74) is 0.306. The third-order valence-electron chi connectivity index (χ3n) is 3.15. The van der Waals surface area contributed by atoms with E-state index in [4.69, 9.17) is 0 Å². The van der Waals surface area contributed by atoms with Gasteiger partial charge in [0.05, 0.1) is 19.2 Å². The normalized spacial score (nSPS) is 14.9. The highest BCUT2D eigenvalue weighted by molar-refractivity contribution is 5.72. The molecule has 1 aliphatic rings. The minimum atomic E-state index is -0.954. The lowest BCUT2D eigenvalue weighted by molar-refractivity contribution is -0.139. The second kappa shape index (κ2) is 5.33. The molecule has 1 aromatic carbocycles. The summed E-state index contributed by atoms with van der Waals surface area (Å²) in [5.74, 6) is -2.41. The molecule has 1 aliphatic heterocycles. The van der Waals surface area contributed by atoms with Gasteiger partial charge in [-0.25, -0.2) is 8.78 Å². The standard InChI is InChI=1S/C13H15F2NO2/c1-18-11(17)8-9-4-5-10(13(15)12(9)14)16-6-2-3-7-16/h4-5H,2-3,6-8H2,1H3. The predicted molar refractivity (Wildman–Crippen MR) is 63.5 cm³/mol. The summed E-state index contributed by atoms with van der Waals surface area (Å²) < 4.78 is 32.1. The second-order valence-electron chi connectivity index (χ2n) is 4.32. The number of rotatable bonds is 3. The van der Waals surface area contributed by atoms with Crippen molar-refractivity contribution < 1.29 is 18.3 Å². The molecular weight excluding hydrogens is 240 g/mol. The lowest BCUT2D eigenvalue weighted by Gasteiger charge is -2.19. The van der Waals surface area contributed by atoms with Gasteiger partial charge in [0.1, 0.15) is 0 Å². The van der Waals surface area contributed by atoms with Gasteiger partial charge in [-0.3, -0.25) is 4.79 Å². The number of hydrogen-bond acceptors (Lipinski definition) is 3. The summed E-state index contributed by atoms with van der Waals surface area (Å²) in [6.45, 7) is 1.49. The van der Waals surface area contributed by atoms with E-state index in [2.05, 4.69) is 4.74 Å². The SMILES string of the molecule is COC(=O)Cc1ccc(N2CCCC2)c(F)c1F. The van der Waals surface area contributed by atoms with Crippen LogP contribution in [0, 0.1) is 11.6 Å². The van der Waals surface area contributed by atoms with Crippen molar-refractivity contribution in [2.45, 2.75) is 19.3 Å². The van der Waals surface area contributed by atoms with E-state index in [1.54, 1.807) is 0 Å². The van der Waals surface area contributed by atoms with Crippen LogP contribution in [0.2, 0.25) is 0 Å². The smallest absolute Gasteiger partial charge is 0.310 e. The van der Waals surface area contributed by atoms with Crippen molar-refractivity contribution in [3.05, 3.63) is 29.3 Å². The number of carbonyl (C=O) groups is 1. The number of anilines is 1. The zero-order valence-electron chi connectivity index (χ0n) is 10.2. The number of esters is 1. The molecule has 1 aromatic rings. The Balaban J connectivity index is 2.26. The van der Waals surface area contributed by atoms with Crippen molar-refractivity contribution >= 4 is 11.7 Å². The largest absolute Gasteiger partial charge is 0.469 e. The number of halogens is 2. The van der Waals surface area contributed by atoms with E-state index < -0.39 is 17.6 Å². The summed E-state index contributed by atoms with van der Waals surface area (Å²) in [7, 11) is 1.22. The maximum atomic E-state index is 13.9. The van der Waals surface area contributed by atoms with Gasteiger partial charge in [0.25, 0.3) is 0 Å². The monoisotopic (exact) mass is 255 g/mol. The number of hydrogen-bond donors (Lipinski definition) is 0. The lowest BCUT2D eigenvalue weighted by Crippen LogP contribution is -2.20. The number of nitrogens with zero attached hydrogens (tertiary/aromatic N) is 1. The zero-order valence-corrected chi connectivity index (χ0v) is 10.2. The summed E-state index contributed by atoms with van der Waals surface area (Å²) >= 11 is 0. The van der Waals surface area contributed by atoms with Gasteiger partial charge in [-0.15, -0.1) is 0 Å². The molecule has 0 spiro atoms. The number of carbonyl (C=O) groups excluding carboxylic acids is 1. The van der Waals surface area contributed by atoms with Gasteiger partial charge < -0.3 is 9.64 Å². The maximum absolute atomic E-state index is 13.9. The first-order valence-electron chi connectivity index (χ1n) is 5.92. The molecule has 0 unspecified atom stereocenters. The molecule has 0 bridgehead atoms. The first kappa shape index (κ1) is 12.8. The highest BCUT2D eigenvalue weighted by atomic mass is 19.2. The third-order valence-corrected chi connectivity index (χ3v) is 3.15. The van der Waals surface area contributed by atoms with Gasteiger partial charge in [-0.1, -0.05) is 6.07 Å². The molecule has 0 aliphatic carbocycles. The van der Waals surface area contributed by atoms with Crippen LogP contribution in [-0.4, -0.2) is 26.2 Å². The molecule has 1 heterocycles. The quantitative estimate of drug-likeness (QED) is 0.776. The van der Waals surface area contributed by atoms with Gasteiger partial charge in [0.15, 0.2) is 11.6 Å². The first-order chi connectivity index (χ1) is 8.63. The Morgan fingerprint density at radius 1 is 1.28 bits per heavy atom. The summed E-state index contributed by atoms with van der Waals surface area (Å²) in [4.78, 5) is 12.9. The molecule has 0 saturated carbocycles. The fraction of sp³-hybridized carbons (Fsp3) is 0.462. The van der Waals surface area contributed by atoms with Crippen LogP contribution < -0.4 is 4.90 Å². The molecule has 5 heteroatoms. The van der Waals surface area contributed by atoms with Crippen molar-refractivity contribution in [1.82, 2.24) is 0 Å². The Hall–Kier alpha value is -1.65. The maximum Gasteiger partial charge on any atom is 0.310 e. The summed E-state index contributed by atoms with van der Waals surface area (Å²) in [6, 6.07) is 2.98. The minimum absolute atomic E-state index is 0.0299. The molecule has 0 aromatic heterocycles. The van der Waals surface area contributed by atoms with E-state index in [-0.39, 0.29) is 17.7 Å². The van der Waals surface area contributed by atoms with Gasteiger partial charge in [0, 0.05) is 18.7 Å². The number of ether oxygens (including phenoxy) is 1. The Bertz CT molecular complexity index is 457. The van der Waals surface area contributed by atoms with Gasteiger partial charge >= 0.3 is 5.97 Å². The van der Waals surface area contributed by atoms with E-state index in [9.17, 15) is 13.6 Å². The van der Waals surface area contributed by atoms with Crippen LogP contribution in [0.4, 0.5) is 14.5 Å². The average molecular weight is 255 g/mol. The van der Waals surface area contributed by atoms with E-state index in [0.29, 0.717) is 0 Å². The fourth-order valence-corrected chi connectivity index (χ4v) is 2.15. The zero-order chi connectivity index (χ0) is 13.1. The van der Waals surface area contributed by atoms with Crippen LogP contribution in [0.5, 0.6) is 0 Å². The highest BCUT2D eigenvalue weighted by Gasteiger charge is 2.21. The summed E-state index contributed by atoms with van der Waals surface area (Å²) in [6.07, 6.45) is 1.73. The molecule has 3 nitrogen and oxygen atoms in total. The van der Waals surface area contributed by atoms with Crippen LogP contribution >= 0.6 is 0 Å². The topological polar surface area (TPSA) is 29.5 Å². The van der Waals surface area contributed by atoms with Crippen LogP contribution in [0.1, 0.15) is 18.4 Å².